The Morgan fingerprint density at radius 1 is 1.35 bits per heavy atom. The third kappa shape index (κ3) is 5.84. The predicted molar refractivity (Wildman–Crippen MR) is 94.5 cm³/mol. The number of hydrogen-bond acceptors (Lipinski definition) is 3. The topological polar surface area (TPSA) is 15.3 Å². The Bertz CT molecular complexity index is 386. The minimum absolute atomic E-state index is 0.382. The average molecular weight is 361 g/mol. The van der Waals surface area contributed by atoms with Crippen molar-refractivity contribution < 1.29 is 0 Å². The average Bonchev–Trinajstić information content (AvgIpc) is 2.79. The van der Waals surface area contributed by atoms with Crippen molar-refractivity contribution in [1.82, 2.24) is 10.2 Å². The molecule has 0 spiro atoms. The van der Waals surface area contributed by atoms with Gasteiger partial charge >= 0.3 is 0 Å². The number of hydrogen-bond donors (Lipinski definition) is 1. The summed E-state index contributed by atoms with van der Waals surface area (Å²) in [6.07, 6.45) is 2.45. The molecule has 0 aliphatic carbocycles. The van der Waals surface area contributed by atoms with Gasteiger partial charge in [-0.1, -0.05) is 27.7 Å². The van der Waals surface area contributed by atoms with Crippen LogP contribution in [-0.2, 0) is 6.54 Å². The highest BCUT2D eigenvalue weighted by Gasteiger charge is 2.27. The van der Waals surface area contributed by atoms with Crippen LogP contribution >= 0.6 is 27.3 Å². The lowest BCUT2D eigenvalue weighted by atomic mass is 9.81. The summed E-state index contributed by atoms with van der Waals surface area (Å²) in [6, 6.07) is 2.79. The molecule has 0 amide bonds. The fourth-order valence-electron chi connectivity index (χ4n) is 2.53. The van der Waals surface area contributed by atoms with Crippen LogP contribution in [0.5, 0.6) is 0 Å². The van der Waals surface area contributed by atoms with Crippen LogP contribution in [0, 0.1) is 5.41 Å². The van der Waals surface area contributed by atoms with Crippen molar-refractivity contribution in [3.8, 4) is 0 Å². The van der Waals surface area contributed by atoms with E-state index >= 15 is 0 Å². The van der Waals surface area contributed by atoms with Gasteiger partial charge in [-0.25, -0.2) is 0 Å². The predicted octanol–water partition coefficient (Wildman–Crippen LogP) is 4.75. The zero-order valence-electron chi connectivity index (χ0n) is 13.5. The Morgan fingerprint density at radius 2 is 2.00 bits per heavy atom. The molecular weight excluding hydrogens is 332 g/mol. The van der Waals surface area contributed by atoms with Crippen LogP contribution in [0.4, 0.5) is 0 Å². The summed E-state index contributed by atoms with van der Waals surface area (Å²) >= 11 is 5.37. The fraction of sp³-hybridized carbons (Fsp3) is 0.750. The monoisotopic (exact) mass is 360 g/mol. The van der Waals surface area contributed by atoms with Gasteiger partial charge < -0.3 is 10.2 Å². The van der Waals surface area contributed by atoms with E-state index in [-0.39, 0.29) is 0 Å². The quantitative estimate of drug-likeness (QED) is 0.683. The molecule has 20 heavy (non-hydrogen) atoms. The molecule has 1 aromatic heterocycles. The Morgan fingerprint density at radius 3 is 2.45 bits per heavy atom. The summed E-state index contributed by atoms with van der Waals surface area (Å²) in [7, 11) is 2.24. The van der Waals surface area contributed by atoms with Gasteiger partial charge in [0.25, 0.3) is 0 Å². The first-order valence-corrected chi connectivity index (χ1v) is 9.23. The summed E-state index contributed by atoms with van der Waals surface area (Å²) in [5.41, 5.74) is 0.382. The van der Waals surface area contributed by atoms with Crippen molar-refractivity contribution in [2.75, 3.05) is 20.1 Å². The highest BCUT2D eigenvalue weighted by Crippen LogP contribution is 2.28. The Hall–Kier alpha value is 0.1000. The zero-order valence-corrected chi connectivity index (χ0v) is 15.9. The van der Waals surface area contributed by atoms with Gasteiger partial charge in [-0.05, 0) is 47.3 Å². The van der Waals surface area contributed by atoms with Crippen molar-refractivity contribution >= 4 is 27.3 Å². The van der Waals surface area contributed by atoms with Crippen molar-refractivity contribution in [2.45, 2.75) is 53.1 Å². The molecule has 1 N–H and O–H groups in total. The molecule has 0 atom stereocenters. The van der Waals surface area contributed by atoms with Crippen LogP contribution in [0.1, 0.15) is 45.4 Å². The van der Waals surface area contributed by atoms with Crippen LogP contribution in [0.15, 0.2) is 15.9 Å². The second-order valence-electron chi connectivity index (χ2n) is 6.15. The van der Waals surface area contributed by atoms with E-state index in [1.165, 1.54) is 22.2 Å². The molecule has 1 aromatic rings. The van der Waals surface area contributed by atoms with Crippen molar-refractivity contribution in [1.29, 1.82) is 0 Å². The first kappa shape index (κ1) is 18.1. The van der Waals surface area contributed by atoms with Crippen LogP contribution in [0.25, 0.3) is 0 Å². The van der Waals surface area contributed by atoms with Gasteiger partial charge in [0.1, 0.15) is 0 Å². The molecule has 4 heteroatoms. The molecule has 0 fully saturated rings. The van der Waals surface area contributed by atoms with Crippen molar-refractivity contribution in [3.63, 3.8) is 0 Å². The highest BCUT2D eigenvalue weighted by atomic mass is 79.9. The molecule has 1 heterocycles. The lowest BCUT2D eigenvalue weighted by Crippen LogP contribution is -2.43. The standard InChI is InChI=1S/C16H29BrN2S/c1-6-16(7-2,11-18-13(3)4)12-19(5)9-15-8-14(17)10-20-15/h8,10,13,18H,6-7,9,11-12H2,1-5H3. The molecule has 2 nitrogen and oxygen atoms in total. The molecule has 0 aliphatic rings. The largest absolute Gasteiger partial charge is 0.314 e. The van der Waals surface area contributed by atoms with E-state index in [9.17, 15) is 0 Å². The van der Waals surface area contributed by atoms with Gasteiger partial charge in [-0.3, -0.25) is 0 Å². The van der Waals surface area contributed by atoms with Gasteiger partial charge in [0.2, 0.25) is 0 Å². The normalized spacial score (nSPS) is 12.6. The first-order valence-electron chi connectivity index (χ1n) is 7.55. The molecule has 0 bridgehead atoms. The minimum Gasteiger partial charge on any atom is -0.314 e. The van der Waals surface area contributed by atoms with Gasteiger partial charge in [0.05, 0.1) is 0 Å². The van der Waals surface area contributed by atoms with Crippen LogP contribution in [0.3, 0.4) is 0 Å². The number of thiophene rings is 1. The number of nitrogens with zero attached hydrogens (tertiary/aromatic N) is 1. The second kappa shape index (κ2) is 8.52. The van der Waals surface area contributed by atoms with Crippen LogP contribution in [-0.4, -0.2) is 31.1 Å². The molecule has 0 radical (unpaired) electrons. The Balaban J connectivity index is 2.59. The number of halogens is 1. The molecule has 0 aliphatic heterocycles. The molecule has 116 valence electrons. The number of rotatable bonds is 9. The molecule has 0 saturated heterocycles. The van der Waals surface area contributed by atoms with E-state index in [0.29, 0.717) is 11.5 Å². The SMILES string of the molecule is CCC(CC)(CNC(C)C)CN(C)Cc1cc(Br)cs1. The van der Waals surface area contributed by atoms with E-state index in [0.717, 1.165) is 19.6 Å². The minimum atomic E-state index is 0.382. The summed E-state index contributed by atoms with van der Waals surface area (Å²) in [5.74, 6) is 0. The maximum Gasteiger partial charge on any atom is 0.0325 e. The fourth-order valence-corrected chi connectivity index (χ4v) is 4.06. The maximum atomic E-state index is 3.63. The summed E-state index contributed by atoms with van der Waals surface area (Å²) in [6.45, 7) is 12.4. The molecular formula is C16H29BrN2S. The summed E-state index contributed by atoms with van der Waals surface area (Å²) < 4.78 is 1.20. The Kier molecular flexibility index (Phi) is 7.73. The lowest BCUT2D eigenvalue weighted by Gasteiger charge is -2.36. The van der Waals surface area contributed by atoms with E-state index in [1.807, 2.05) is 11.3 Å². The Labute approximate surface area is 137 Å². The maximum absolute atomic E-state index is 3.63. The summed E-state index contributed by atoms with van der Waals surface area (Å²) in [4.78, 5) is 3.89. The molecule has 0 saturated carbocycles. The second-order valence-corrected chi connectivity index (χ2v) is 8.06. The van der Waals surface area contributed by atoms with E-state index in [4.69, 9.17) is 0 Å². The van der Waals surface area contributed by atoms with E-state index in [1.54, 1.807) is 0 Å². The van der Waals surface area contributed by atoms with Gasteiger partial charge in [-0.15, -0.1) is 11.3 Å². The van der Waals surface area contributed by atoms with Crippen LogP contribution < -0.4 is 5.32 Å². The van der Waals surface area contributed by atoms with Gasteiger partial charge in [0.15, 0.2) is 0 Å². The third-order valence-corrected chi connectivity index (χ3v) is 5.72. The first-order chi connectivity index (χ1) is 9.40. The van der Waals surface area contributed by atoms with E-state index in [2.05, 4.69) is 72.3 Å². The molecule has 1 rings (SSSR count). The summed E-state index contributed by atoms with van der Waals surface area (Å²) in [5, 5.41) is 5.79. The van der Waals surface area contributed by atoms with Crippen LogP contribution in [0.2, 0.25) is 0 Å². The molecule has 0 aromatic carbocycles. The van der Waals surface area contributed by atoms with Gasteiger partial charge in [-0.2, -0.15) is 0 Å². The lowest BCUT2D eigenvalue weighted by molar-refractivity contribution is 0.148. The zero-order chi connectivity index (χ0) is 15.2. The third-order valence-electron chi connectivity index (χ3n) is 4.04. The van der Waals surface area contributed by atoms with Crippen molar-refractivity contribution in [3.05, 3.63) is 20.8 Å². The number of nitrogens with one attached hydrogen (secondary N) is 1. The van der Waals surface area contributed by atoms with Crippen molar-refractivity contribution in [2.24, 2.45) is 5.41 Å². The highest BCUT2D eigenvalue weighted by molar-refractivity contribution is 9.10. The molecule has 0 unspecified atom stereocenters. The smallest absolute Gasteiger partial charge is 0.0325 e. The van der Waals surface area contributed by atoms with E-state index < -0.39 is 0 Å². The van der Waals surface area contributed by atoms with Gasteiger partial charge in [0, 0.05) is 40.4 Å².